The maximum atomic E-state index is 15.2. The van der Waals surface area contributed by atoms with Crippen LogP contribution >= 0.6 is 11.6 Å². The summed E-state index contributed by atoms with van der Waals surface area (Å²) in [5.41, 5.74) is 3.56. The molecule has 6 atom stereocenters. The molecule has 2 N–H and O–H groups in total. The first-order chi connectivity index (χ1) is 24.9. The Balaban J connectivity index is 1.31. The van der Waals surface area contributed by atoms with Gasteiger partial charge in [-0.2, -0.15) is 5.01 Å². The number of allylic oxidation sites excluding steroid dienone is 2. The minimum atomic E-state index is -1.64. The SMILES string of the molecule is Cc1cccc(C2C3=CCC4C(=O)N(c5ccc([N+](=O)[O-])cc5)C(=O)C4C3CC3C(=O)N(Nc4ccc(F)cc4)C(=O)C32c2ccc(Cl)cc2)c1O. The highest BCUT2D eigenvalue weighted by atomic mass is 35.5. The van der Waals surface area contributed by atoms with Crippen LogP contribution in [0.2, 0.25) is 5.02 Å². The van der Waals surface area contributed by atoms with E-state index < -0.39 is 69.4 Å². The predicted molar refractivity (Wildman–Crippen MR) is 187 cm³/mol. The third-order valence-corrected chi connectivity index (χ3v) is 11.4. The average molecular weight is 721 g/mol. The van der Waals surface area contributed by atoms with Crippen molar-refractivity contribution in [3.63, 3.8) is 0 Å². The van der Waals surface area contributed by atoms with Crippen molar-refractivity contribution in [3.05, 3.63) is 140 Å². The number of nitrogens with zero attached hydrogens (tertiary/aromatic N) is 3. The van der Waals surface area contributed by atoms with Gasteiger partial charge in [-0.15, -0.1) is 0 Å². The van der Waals surface area contributed by atoms with E-state index in [4.69, 9.17) is 11.6 Å². The summed E-state index contributed by atoms with van der Waals surface area (Å²) in [6.45, 7) is 1.72. The van der Waals surface area contributed by atoms with E-state index in [1.165, 1.54) is 48.5 Å². The first kappa shape index (κ1) is 33.3. The van der Waals surface area contributed by atoms with E-state index in [2.05, 4.69) is 5.43 Å². The van der Waals surface area contributed by atoms with Crippen LogP contribution in [0.5, 0.6) is 5.75 Å². The normalized spacial score (nSPS) is 26.5. The lowest BCUT2D eigenvalue weighted by Gasteiger charge is -2.50. The summed E-state index contributed by atoms with van der Waals surface area (Å²) in [5.74, 6) is -7.20. The van der Waals surface area contributed by atoms with Gasteiger partial charge in [-0.1, -0.05) is 53.6 Å². The number of nitro groups is 1. The van der Waals surface area contributed by atoms with Crippen molar-refractivity contribution in [1.29, 1.82) is 0 Å². The standard InChI is InChI=1S/C39H30ClFN4O7/c1-20-3-2-4-29(34(20)46)33-27-17-18-28-32(37(49)43(35(28)47)25-13-15-26(16-14-25)45(51)52)30(27)19-31-36(48)44(42-24-11-9-23(41)10-12-24)38(50)39(31,33)21-5-7-22(40)8-6-21/h2-17,28,30-33,42,46H,18-19H2,1H3. The van der Waals surface area contributed by atoms with Crippen LogP contribution in [0.15, 0.2) is 103 Å². The molecule has 1 saturated carbocycles. The van der Waals surface area contributed by atoms with Gasteiger partial charge in [0.1, 0.15) is 11.6 Å². The Bertz CT molecular complexity index is 2230. The summed E-state index contributed by atoms with van der Waals surface area (Å²) in [4.78, 5) is 70.1. The summed E-state index contributed by atoms with van der Waals surface area (Å²) in [7, 11) is 0. The fraction of sp³-hybridized carbons (Fsp3) is 0.231. The van der Waals surface area contributed by atoms with Gasteiger partial charge >= 0.3 is 0 Å². The number of hydrogen-bond acceptors (Lipinski definition) is 8. The number of rotatable bonds is 6. The third kappa shape index (κ3) is 4.77. The van der Waals surface area contributed by atoms with Crippen LogP contribution in [0.1, 0.15) is 35.4 Å². The molecule has 4 aromatic rings. The Morgan fingerprint density at radius 3 is 2.27 bits per heavy atom. The largest absolute Gasteiger partial charge is 0.507 e. The van der Waals surface area contributed by atoms with Crippen molar-refractivity contribution >= 4 is 52.3 Å². The monoisotopic (exact) mass is 720 g/mol. The molecule has 2 saturated heterocycles. The highest BCUT2D eigenvalue weighted by Crippen LogP contribution is 2.65. The van der Waals surface area contributed by atoms with Crippen molar-refractivity contribution in [3.8, 4) is 5.75 Å². The van der Waals surface area contributed by atoms with Gasteiger partial charge in [0.15, 0.2) is 0 Å². The molecule has 2 aliphatic heterocycles. The number of nitro benzene ring substituents is 1. The number of imide groups is 2. The second-order valence-electron chi connectivity index (χ2n) is 13.7. The van der Waals surface area contributed by atoms with Crippen LogP contribution in [0.25, 0.3) is 0 Å². The Labute approximate surface area is 301 Å². The number of nitrogens with one attached hydrogen (secondary N) is 1. The number of anilines is 2. The Morgan fingerprint density at radius 1 is 0.904 bits per heavy atom. The number of aromatic hydroxyl groups is 1. The number of amides is 4. The quantitative estimate of drug-likeness (QED) is 0.0981. The molecule has 4 aromatic carbocycles. The zero-order valence-corrected chi connectivity index (χ0v) is 28.3. The second kappa shape index (κ2) is 12.1. The Kier molecular flexibility index (Phi) is 7.76. The van der Waals surface area contributed by atoms with Gasteiger partial charge in [-0.25, -0.2) is 4.39 Å². The predicted octanol–water partition coefficient (Wildman–Crippen LogP) is 6.59. The molecule has 13 heteroatoms. The molecular formula is C39H30ClFN4O7. The molecule has 2 heterocycles. The summed E-state index contributed by atoms with van der Waals surface area (Å²) in [6.07, 6.45) is 2.02. The van der Waals surface area contributed by atoms with Crippen molar-refractivity contribution in [2.24, 2.45) is 23.7 Å². The van der Waals surface area contributed by atoms with E-state index in [1.54, 1.807) is 49.4 Å². The average Bonchev–Trinajstić information content (AvgIpc) is 3.51. The number of phenols is 1. The third-order valence-electron chi connectivity index (χ3n) is 11.2. The summed E-state index contributed by atoms with van der Waals surface area (Å²) in [6, 6.07) is 22.2. The maximum Gasteiger partial charge on any atom is 0.269 e. The van der Waals surface area contributed by atoms with Gasteiger partial charge in [0.05, 0.1) is 39.5 Å². The van der Waals surface area contributed by atoms with Gasteiger partial charge in [0.2, 0.25) is 11.8 Å². The molecule has 3 fully saturated rings. The molecule has 4 aliphatic rings. The molecule has 52 heavy (non-hydrogen) atoms. The van der Waals surface area contributed by atoms with E-state index in [0.717, 1.165) is 9.91 Å². The van der Waals surface area contributed by atoms with E-state index in [0.29, 0.717) is 27.3 Å². The van der Waals surface area contributed by atoms with E-state index in [9.17, 15) is 34.0 Å². The van der Waals surface area contributed by atoms with Crippen molar-refractivity contribution < 1.29 is 33.6 Å². The number of benzene rings is 4. The number of hydrazine groups is 1. The molecule has 0 radical (unpaired) electrons. The van der Waals surface area contributed by atoms with E-state index >= 15 is 4.79 Å². The molecule has 6 unspecified atom stereocenters. The van der Waals surface area contributed by atoms with Gasteiger partial charge in [-0.3, -0.25) is 39.6 Å². The molecule has 4 amide bonds. The van der Waals surface area contributed by atoms with Crippen LogP contribution in [-0.2, 0) is 24.6 Å². The topological polar surface area (TPSA) is 150 Å². The lowest BCUT2D eigenvalue weighted by Crippen LogP contribution is -2.53. The molecular weight excluding hydrogens is 691 g/mol. The number of fused-ring (bicyclic) bond motifs is 4. The van der Waals surface area contributed by atoms with Crippen molar-refractivity contribution in [2.45, 2.75) is 31.1 Å². The zero-order chi connectivity index (χ0) is 36.6. The second-order valence-corrected chi connectivity index (χ2v) is 14.1. The molecule has 0 spiro atoms. The number of para-hydroxylation sites is 1. The van der Waals surface area contributed by atoms with Crippen molar-refractivity contribution in [1.82, 2.24) is 5.01 Å². The maximum absolute atomic E-state index is 15.2. The molecule has 0 aromatic heterocycles. The zero-order valence-electron chi connectivity index (χ0n) is 27.5. The first-order valence-electron chi connectivity index (χ1n) is 16.7. The minimum absolute atomic E-state index is 0.0119. The van der Waals surface area contributed by atoms with Crippen LogP contribution in [-0.4, -0.2) is 38.7 Å². The Hall–Kier alpha value is -5.88. The highest BCUT2D eigenvalue weighted by Gasteiger charge is 2.70. The molecule has 11 nitrogen and oxygen atoms in total. The Morgan fingerprint density at radius 2 is 1.60 bits per heavy atom. The number of carbonyl (C=O) groups is 4. The number of hydrogen-bond donors (Lipinski definition) is 2. The fourth-order valence-corrected chi connectivity index (χ4v) is 9.02. The smallest absolute Gasteiger partial charge is 0.269 e. The highest BCUT2D eigenvalue weighted by molar-refractivity contribution is 6.30. The molecule has 8 rings (SSSR count). The van der Waals surface area contributed by atoms with E-state index in [-0.39, 0.29) is 35.7 Å². The van der Waals surface area contributed by atoms with Crippen LogP contribution < -0.4 is 10.3 Å². The lowest BCUT2D eigenvalue weighted by molar-refractivity contribution is -0.384. The molecule has 0 bridgehead atoms. The summed E-state index contributed by atoms with van der Waals surface area (Å²) in [5, 5.41) is 24.3. The lowest BCUT2D eigenvalue weighted by atomic mass is 9.49. The van der Waals surface area contributed by atoms with Gasteiger partial charge in [-0.05, 0) is 85.3 Å². The van der Waals surface area contributed by atoms with Crippen LogP contribution in [0.3, 0.4) is 0 Å². The number of carbonyl (C=O) groups excluding carboxylic acids is 4. The van der Waals surface area contributed by atoms with Crippen molar-refractivity contribution in [2.75, 3.05) is 10.3 Å². The minimum Gasteiger partial charge on any atom is -0.507 e. The number of phenolic OH excluding ortho intramolecular Hbond substituents is 1. The van der Waals surface area contributed by atoms with Gasteiger partial charge in [0, 0.05) is 28.6 Å². The number of aryl methyl sites for hydroxylation is 1. The fourth-order valence-electron chi connectivity index (χ4n) is 8.89. The molecule has 2 aliphatic carbocycles. The number of halogens is 2. The first-order valence-corrected chi connectivity index (χ1v) is 17.1. The van der Waals surface area contributed by atoms with Gasteiger partial charge in [0.25, 0.3) is 17.5 Å². The van der Waals surface area contributed by atoms with Crippen LogP contribution in [0, 0.1) is 46.5 Å². The van der Waals surface area contributed by atoms with Crippen LogP contribution in [0.4, 0.5) is 21.5 Å². The molecule has 262 valence electrons. The van der Waals surface area contributed by atoms with E-state index in [1.807, 2.05) is 6.08 Å². The number of non-ortho nitro benzene ring substituents is 1. The van der Waals surface area contributed by atoms with Gasteiger partial charge < -0.3 is 5.11 Å². The summed E-state index contributed by atoms with van der Waals surface area (Å²) >= 11 is 6.33. The summed E-state index contributed by atoms with van der Waals surface area (Å²) < 4.78 is 13.8.